The van der Waals surface area contributed by atoms with E-state index < -0.39 is 5.51 Å². The maximum absolute atomic E-state index is 12.3. The second-order valence-electron chi connectivity index (χ2n) is 3.96. The van der Waals surface area contributed by atoms with Crippen LogP contribution in [-0.4, -0.2) is 25.6 Å². The van der Waals surface area contributed by atoms with Gasteiger partial charge in [-0.25, -0.2) is 0 Å². The summed E-state index contributed by atoms with van der Waals surface area (Å²) in [6, 6.07) is 2.27. The summed E-state index contributed by atoms with van der Waals surface area (Å²) < 4.78 is 37.0. The van der Waals surface area contributed by atoms with Gasteiger partial charge < -0.3 is 5.11 Å². The maximum Gasteiger partial charge on any atom is 0.446 e. The highest BCUT2D eigenvalue weighted by Crippen LogP contribution is 2.41. The average Bonchev–Trinajstić information content (AvgIpc) is 2.67. The number of aliphatic hydroxyl groups is 1. The van der Waals surface area contributed by atoms with E-state index >= 15 is 0 Å². The Morgan fingerprint density at radius 1 is 1.24 bits per heavy atom. The lowest BCUT2D eigenvalue weighted by Crippen LogP contribution is -2.03. The normalized spacial score (nSPS) is 12.0. The molecule has 2 rings (SSSR count). The lowest BCUT2D eigenvalue weighted by Gasteiger charge is -2.10. The summed E-state index contributed by atoms with van der Waals surface area (Å²) in [6.45, 7) is 1.31. The first-order valence-electron chi connectivity index (χ1n) is 5.50. The Bertz CT molecular complexity index is 652. The minimum absolute atomic E-state index is 0.0197. The minimum Gasteiger partial charge on any atom is -0.390 e. The Kier molecular flexibility index (Phi) is 4.72. The molecule has 0 bridgehead atoms. The van der Waals surface area contributed by atoms with Crippen LogP contribution in [0, 0.1) is 6.92 Å². The van der Waals surface area contributed by atoms with E-state index in [9.17, 15) is 13.2 Å². The summed E-state index contributed by atoms with van der Waals surface area (Å²) in [5.41, 5.74) is -3.47. The van der Waals surface area contributed by atoms with Crippen molar-refractivity contribution >= 4 is 35.0 Å². The highest BCUT2D eigenvalue weighted by molar-refractivity contribution is 8.00. The molecule has 0 saturated heterocycles. The number of rotatable bonds is 3. The summed E-state index contributed by atoms with van der Waals surface area (Å²) >= 11 is 11.6. The Morgan fingerprint density at radius 3 is 2.24 bits per heavy atom. The Hall–Kier alpha value is -0.960. The predicted molar refractivity (Wildman–Crippen MR) is 74.0 cm³/mol. The number of hydrogen-bond donors (Lipinski definition) is 1. The summed E-state index contributed by atoms with van der Waals surface area (Å²) in [5, 5.41) is 17.0. The van der Waals surface area contributed by atoms with E-state index in [0.29, 0.717) is 11.4 Å². The number of nitrogens with zero attached hydrogens (tertiary/aromatic N) is 3. The lowest BCUT2D eigenvalue weighted by molar-refractivity contribution is -0.0328. The van der Waals surface area contributed by atoms with Crippen molar-refractivity contribution in [1.29, 1.82) is 0 Å². The van der Waals surface area contributed by atoms with E-state index in [1.165, 1.54) is 0 Å². The maximum atomic E-state index is 12.3. The van der Waals surface area contributed by atoms with E-state index in [1.54, 1.807) is 6.92 Å². The number of aliphatic hydroxyl groups excluding tert-OH is 1. The molecule has 0 fully saturated rings. The van der Waals surface area contributed by atoms with Gasteiger partial charge in [0, 0.05) is 4.90 Å². The summed E-state index contributed by atoms with van der Waals surface area (Å²) in [7, 11) is 0. The molecule has 0 spiro atoms. The van der Waals surface area contributed by atoms with Crippen molar-refractivity contribution in [3.63, 3.8) is 0 Å². The van der Waals surface area contributed by atoms with E-state index in [4.69, 9.17) is 28.3 Å². The van der Waals surface area contributed by atoms with Crippen LogP contribution in [0.3, 0.4) is 0 Å². The molecular formula is C11H8Cl2F3N3OS. The molecule has 21 heavy (non-hydrogen) atoms. The van der Waals surface area contributed by atoms with Crippen LogP contribution in [0.4, 0.5) is 13.2 Å². The van der Waals surface area contributed by atoms with E-state index in [-0.39, 0.29) is 39.0 Å². The van der Waals surface area contributed by atoms with Crippen LogP contribution >= 0.6 is 35.0 Å². The highest BCUT2D eigenvalue weighted by Gasteiger charge is 2.30. The fourth-order valence-electron chi connectivity index (χ4n) is 1.58. The molecule has 0 unspecified atom stereocenters. The SMILES string of the molecule is Cc1nn(-c2c(Cl)cc(SC(F)(F)F)cc2Cl)nc1CO. The van der Waals surface area contributed by atoms with E-state index in [2.05, 4.69) is 10.2 Å². The largest absolute Gasteiger partial charge is 0.446 e. The molecule has 0 aliphatic heterocycles. The molecule has 0 aliphatic carbocycles. The third kappa shape index (κ3) is 3.82. The second-order valence-corrected chi connectivity index (χ2v) is 5.92. The first-order chi connectivity index (χ1) is 9.71. The second kappa shape index (κ2) is 6.04. The molecule has 1 N–H and O–H groups in total. The molecule has 0 aliphatic rings. The number of thioether (sulfide) groups is 1. The number of benzene rings is 1. The van der Waals surface area contributed by atoms with Crippen LogP contribution in [0.25, 0.3) is 5.69 Å². The van der Waals surface area contributed by atoms with E-state index in [0.717, 1.165) is 16.9 Å². The molecule has 0 saturated carbocycles. The fraction of sp³-hybridized carbons (Fsp3) is 0.273. The van der Waals surface area contributed by atoms with Crippen molar-refractivity contribution in [3.8, 4) is 5.69 Å². The summed E-state index contributed by atoms with van der Waals surface area (Å²) in [4.78, 5) is 0.959. The number of aromatic nitrogens is 3. The van der Waals surface area contributed by atoms with Gasteiger partial charge in [0.15, 0.2) is 0 Å². The Morgan fingerprint density at radius 2 is 1.81 bits per heavy atom. The topological polar surface area (TPSA) is 50.9 Å². The smallest absolute Gasteiger partial charge is 0.390 e. The predicted octanol–water partition coefficient (Wildman–Crippen LogP) is 3.99. The summed E-state index contributed by atoms with van der Waals surface area (Å²) in [5.74, 6) is 0. The van der Waals surface area contributed by atoms with Gasteiger partial charge in [0.05, 0.1) is 22.3 Å². The number of hydrogen-bond acceptors (Lipinski definition) is 4. The fourth-order valence-corrected chi connectivity index (χ4v) is 2.97. The molecule has 10 heteroatoms. The van der Waals surface area contributed by atoms with Gasteiger partial charge in [-0.15, -0.1) is 4.80 Å². The minimum atomic E-state index is -4.43. The van der Waals surface area contributed by atoms with Crippen molar-refractivity contribution in [1.82, 2.24) is 15.0 Å². The highest BCUT2D eigenvalue weighted by atomic mass is 35.5. The van der Waals surface area contributed by atoms with Crippen LogP contribution in [0.1, 0.15) is 11.4 Å². The zero-order valence-corrected chi connectivity index (χ0v) is 12.8. The molecule has 0 radical (unpaired) electrons. The van der Waals surface area contributed by atoms with Gasteiger partial charge in [0.25, 0.3) is 0 Å². The van der Waals surface area contributed by atoms with Crippen molar-refractivity contribution in [2.75, 3.05) is 0 Å². The zero-order valence-electron chi connectivity index (χ0n) is 10.4. The number of aryl methyl sites for hydroxylation is 1. The molecule has 1 heterocycles. The van der Waals surface area contributed by atoms with Crippen molar-refractivity contribution in [2.24, 2.45) is 0 Å². The molecule has 2 aromatic rings. The van der Waals surface area contributed by atoms with Crippen LogP contribution in [0.5, 0.6) is 0 Å². The van der Waals surface area contributed by atoms with Gasteiger partial charge in [0.1, 0.15) is 11.4 Å². The van der Waals surface area contributed by atoms with Gasteiger partial charge in [-0.3, -0.25) is 0 Å². The zero-order chi connectivity index (χ0) is 15.8. The van der Waals surface area contributed by atoms with Crippen LogP contribution in [0.2, 0.25) is 10.0 Å². The first kappa shape index (κ1) is 16.4. The molecule has 1 aromatic carbocycles. The van der Waals surface area contributed by atoms with Crippen molar-refractivity contribution in [2.45, 2.75) is 23.9 Å². The molecule has 114 valence electrons. The molecular weight excluding hydrogens is 350 g/mol. The van der Waals surface area contributed by atoms with E-state index in [1.807, 2.05) is 0 Å². The molecule has 1 aromatic heterocycles. The third-order valence-electron chi connectivity index (χ3n) is 2.45. The third-order valence-corrected chi connectivity index (χ3v) is 3.73. The van der Waals surface area contributed by atoms with Crippen molar-refractivity contribution in [3.05, 3.63) is 33.6 Å². The van der Waals surface area contributed by atoms with Gasteiger partial charge >= 0.3 is 5.51 Å². The van der Waals surface area contributed by atoms with Crippen LogP contribution in [0.15, 0.2) is 17.0 Å². The average molecular weight is 358 g/mol. The Labute approximate surface area is 131 Å². The molecule has 4 nitrogen and oxygen atoms in total. The van der Waals surface area contributed by atoms with Gasteiger partial charge in [-0.05, 0) is 30.8 Å². The standard InChI is InChI=1S/C11H8Cl2F3N3OS/c1-5-9(4-20)18-19(17-5)10-7(12)2-6(3-8(10)13)21-11(14,15)16/h2-3,20H,4H2,1H3. The first-order valence-corrected chi connectivity index (χ1v) is 7.07. The van der Waals surface area contributed by atoms with Crippen LogP contribution in [-0.2, 0) is 6.61 Å². The summed E-state index contributed by atoms with van der Waals surface area (Å²) in [6.07, 6.45) is 0. The van der Waals surface area contributed by atoms with Gasteiger partial charge in [-0.2, -0.15) is 23.4 Å². The van der Waals surface area contributed by atoms with Gasteiger partial charge in [0.2, 0.25) is 0 Å². The van der Waals surface area contributed by atoms with Crippen molar-refractivity contribution < 1.29 is 18.3 Å². The number of halogens is 5. The lowest BCUT2D eigenvalue weighted by atomic mass is 10.3. The monoisotopic (exact) mass is 357 g/mol. The quantitative estimate of drug-likeness (QED) is 0.844. The van der Waals surface area contributed by atoms with Gasteiger partial charge in [-0.1, -0.05) is 23.2 Å². The molecule has 0 amide bonds. The van der Waals surface area contributed by atoms with Crippen LogP contribution < -0.4 is 0 Å². The molecule has 0 atom stereocenters. The number of alkyl halides is 3. The Balaban J connectivity index is 2.45.